The largest absolute Gasteiger partial charge is 0.382 e. The second kappa shape index (κ2) is 8.28. The molecule has 0 unspecified atom stereocenters. The zero-order chi connectivity index (χ0) is 10.9. The van der Waals surface area contributed by atoms with E-state index in [4.69, 9.17) is 4.74 Å². The third-order valence-electron chi connectivity index (χ3n) is 2.77. The molecule has 0 aromatic heterocycles. The topological polar surface area (TPSA) is 9.23 Å². The second-order valence-electron chi connectivity index (χ2n) is 4.92. The third-order valence-corrected chi connectivity index (χ3v) is 2.77. The summed E-state index contributed by atoms with van der Waals surface area (Å²) in [7, 11) is 0. The van der Waals surface area contributed by atoms with Crippen molar-refractivity contribution in [2.24, 2.45) is 5.41 Å². The maximum Gasteiger partial charge on any atom is 0.0465 e. The van der Waals surface area contributed by atoms with Crippen molar-refractivity contribution in [2.75, 3.05) is 13.2 Å². The minimum absolute atomic E-state index is 0.556. The lowest BCUT2D eigenvalue weighted by Gasteiger charge is -2.23. The van der Waals surface area contributed by atoms with Crippen molar-refractivity contribution in [3.63, 3.8) is 0 Å². The Kier molecular flexibility index (Phi) is 8.26. The van der Waals surface area contributed by atoms with Crippen LogP contribution >= 0.6 is 0 Å². The van der Waals surface area contributed by atoms with Crippen LogP contribution in [0.4, 0.5) is 0 Å². The summed E-state index contributed by atoms with van der Waals surface area (Å²) < 4.78 is 5.31. The van der Waals surface area contributed by atoms with Gasteiger partial charge in [-0.25, -0.2) is 0 Å². The first-order chi connectivity index (χ1) is 6.62. The highest BCUT2D eigenvalue weighted by molar-refractivity contribution is 4.67. The molecule has 0 N–H and O–H groups in total. The van der Waals surface area contributed by atoms with Gasteiger partial charge in [-0.15, -0.1) is 0 Å². The Morgan fingerprint density at radius 2 is 1.64 bits per heavy atom. The van der Waals surface area contributed by atoms with Gasteiger partial charge >= 0.3 is 0 Å². The molecule has 0 aliphatic carbocycles. The van der Waals surface area contributed by atoms with Gasteiger partial charge in [0, 0.05) is 13.2 Å². The normalized spacial score (nSPS) is 12.0. The fourth-order valence-corrected chi connectivity index (χ4v) is 1.93. The SMILES string of the molecule is CCCC(C)(C)CCCCCOCC. The maximum atomic E-state index is 5.31. The lowest BCUT2D eigenvalue weighted by molar-refractivity contribution is 0.141. The summed E-state index contributed by atoms with van der Waals surface area (Å²) >= 11 is 0. The summed E-state index contributed by atoms with van der Waals surface area (Å²) in [4.78, 5) is 0. The van der Waals surface area contributed by atoms with E-state index in [1.54, 1.807) is 0 Å². The van der Waals surface area contributed by atoms with E-state index in [2.05, 4.69) is 27.7 Å². The molecule has 0 rings (SSSR count). The van der Waals surface area contributed by atoms with E-state index < -0.39 is 0 Å². The van der Waals surface area contributed by atoms with Crippen LogP contribution in [0.3, 0.4) is 0 Å². The van der Waals surface area contributed by atoms with Gasteiger partial charge in [0.25, 0.3) is 0 Å². The molecule has 0 atom stereocenters. The molecule has 0 fully saturated rings. The first-order valence-corrected chi connectivity index (χ1v) is 6.20. The van der Waals surface area contributed by atoms with Gasteiger partial charge in [0.15, 0.2) is 0 Å². The van der Waals surface area contributed by atoms with Crippen LogP contribution in [0.2, 0.25) is 0 Å². The minimum Gasteiger partial charge on any atom is -0.382 e. The van der Waals surface area contributed by atoms with Gasteiger partial charge in [0.05, 0.1) is 0 Å². The summed E-state index contributed by atoms with van der Waals surface area (Å²) in [5.41, 5.74) is 0.556. The maximum absolute atomic E-state index is 5.31. The van der Waals surface area contributed by atoms with Crippen molar-refractivity contribution in [3.05, 3.63) is 0 Å². The zero-order valence-corrected chi connectivity index (χ0v) is 10.6. The van der Waals surface area contributed by atoms with Gasteiger partial charge < -0.3 is 4.74 Å². The van der Waals surface area contributed by atoms with Crippen LogP contribution in [0, 0.1) is 5.41 Å². The van der Waals surface area contributed by atoms with Crippen molar-refractivity contribution in [1.29, 1.82) is 0 Å². The number of ether oxygens (including phenoxy) is 1. The smallest absolute Gasteiger partial charge is 0.0465 e. The van der Waals surface area contributed by atoms with Crippen LogP contribution in [-0.2, 0) is 4.74 Å². The van der Waals surface area contributed by atoms with Gasteiger partial charge in [-0.3, -0.25) is 0 Å². The third kappa shape index (κ3) is 8.55. The molecule has 1 nitrogen and oxygen atoms in total. The van der Waals surface area contributed by atoms with Crippen LogP contribution in [0.1, 0.15) is 66.2 Å². The van der Waals surface area contributed by atoms with Crippen molar-refractivity contribution in [1.82, 2.24) is 0 Å². The molecule has 0 aromatic rings. The molecule has 0 radical (unpaired) electrons. The fourth-order valence-electron chi connectivity index (χ4n) is 1.93. The minimum atomic E-state index is 0.556. The highest BCUT2D eigenvalue weighted by Gasteiger charge is 2.15. The van der Waals surface area contributed by atoms with Gasteiger partial charge in [-0.2, -0.15) is 0 Å². The summed E-state index contributed by atoms with van der Waals surface area (Å²) in [6.07, 6.45) is 7.96. The van der Waals surface area contributed by atoms with E-state index in [1.165, 1.54) is 38.5 Å². The van der Waals surface area contributed by atoms with E-state index in [9.17, 15) is 0 Å². The van der Waals surface area contributed by atoms with Gasteiger partial charge in [0.2, 0.25) is 0 Å². The lowest BCUT2D eigenvalue weighted by atomic mass is 9.83. The zero-order valence-electron chi connectivity index (χ0n) is 10.6. The molecular formula is C13H28O. The number of rotatable bonds is 9. The van der Waals surface area contributed by atoms with Gasteiger partial charge in [0.1, 0.15) is 0 Å². The quantitative estimate of drug-likeness (QED) is 0.501. The Balaban J connectivity index is 3.26. The Morgan fingerprint density at radius 3 is 2.21 bits per heavy atom. The van der Waals surface area contributed by atoms with E-state index >= 15 is 0 Å². The van der Waals surface area contributed by atoms with E-state index in [0.717, 1.165) is 13.2 Å². The van der Waals surface area contributed by atoms with Crippen molar-refractivity contribution < 1.29 is 4.74 Å². The monoisotopic (exact) mass is 200 g/mol. The number of hydrogen-bond donors (Lipinski definition) is 0. The molecule has 0 saturated heterocycles. The Bertz CT molecular complexity index is 118. The van der Waals surface area contributed by atoms with Crippen molar-refractivity contribution in [2.45, 2.75) is 66.2 Å². The summed E-state index contributed by atoms with van der Waals surface area (Å²) in [5, 5.41) is 0. The summed E-state index contributed by atoms with van der Waals surface area (Å²) in [6.45, 7) is 10.9. The molecule has 0 aliphatic heterocycles. The predicted molar refractivity (Wildman–Crippen MR) is 63.7 cm³/mol. The lowest BCUT2D eigenvalue weighted by Crippen LogP contribution is -2.10. The second-order valence-corrected chi connectivity index (χ2v) is 4.92. The fraction of sp³-hybridized carbons (Fsp3) is 1.00. The average molecular weight is 200 g/mol. The van der Waals surface area contributed by atoms with Crippen LogP contribution in [0.5, 0.6) is 0 Å². The first kappa shape index (κ1) is 14.0. The van der Waals surface area contributed by atoms with E-state index in [0.29, 0.717) is 5.41 Å². The highest BCUT2D eigenvalue weighted by Crippen LogP contribution is 2.28. The molecule has 14 heavy (non-hydrogen) atoms. The molecule has 0 aromatic carbocycles. The molecule has 0 aliphatic rings. The number of hydrogen-bond acceptors (Lipinski definition) is 1. The Hall–Kier alpha value is -0.0400. The predicted octanol–water partition coefficient (Wildman–Crippen LogP) is 4.41. The molecule has 0 saturated carbocycles. The van der Waals surface area contributed by atoms with Crippen LogP contribution in [-0.4, -0.2) is 13.2 Å². The van der Waals surface area contributed by atoms with Crippen molar-refractivity contribution >= 4 is 0 Å². The van der Waals surface area contributed by atoms with Gasteiger partial charge in [-0.05, 0) is 31.6 Å². The molecule has 0 spiro atoms. The standard InChI is InChI=1S/C13H28O/c1-5-10-13(3,4)11-8-7-9-12-14-6-2/h5-12H2,1-4H3. The molecule has 1 heteroatoms. The van der Waals surface area contributed by atoms with Crippen LogP contribution in [0.25, 0.3) is 0 Å². The van der Waals surface area contributed by atoms with Crippen molar-refractivity contribution in [3.8, 4) is 0 Å². The molecule has 0 amide bonds. The molecule has 0 bridgehead atoms. The summed E-state index contributed by atoms with van der Waals surface area (Å²) in [6, 6.07) is 0. The Morgan fingerprint density at radius 1 is 0.929 bits per heavy atom. The van der Waals surface area contributed by atoms with Crippen LogP contribution in [0.15, 0.2) is 0 Å². The Labute approximate surface area is 90.2 Å². The van der Waals surface area contributed by atoms with E-state index in [1.807, 2.05) is 0 Å². The highest BCUT2D eigenvalue weighted by atomic mass is 16.5. The van der Waals surface area contributed by atoms with E-state index in [-0.39, 0.29) is 0 Å². The van der Waals surface area contributed by atoms with Crippen LogP contribution < -0.4 is 0 Å². The molecular weight excluding hydrogens is 172 g/mol. The number of unbranched alkanes of at least 4 members (excludes halogenated alkanes) is 2. The molecule has 86 valence electrons. The van der Waals surface area contributed by atoms with Gasteiger partial charge in [-0.1, -0.05) is 40.0 Å². The molecule has 0 heterocycles. The first-order valence-electron chi connectivity index (χ1n) is 6.20. The average Bonchev–Trinajstić information content (AvgIpc) is 2.11. The summed E-state index contributed by atoms with van der Waals surface area (Å²) in [5.74, 6) is 0.